The molecule has 7 heteroatoms. The monoisotopic (exact) mass is 271 g/mol. The summed E-state index contributed by atoms with van der Waals surface area (Å²) in [7, 11) is -2.26. The van der Waals surface area contributed by atoms with Crippen LogP contribution < -0.4 is 15.8 Å². The van der Waals surface area contributed by atoms with E-state index in [4.69, 9.17) is 5.73 Å². The zero-order valence-electron chi connectivity index (χ0n) is 10.1. The number of carbonyl (C=O) groups is 1. The highest BCUT2D eigenvalue weighted by atomic mass is 32.2. The van der Waals surface area contributed by atoms with Gasteiger partial charge in [0.1, 0.15) is 4.90 Å². The lowest BCUT2D eigenvalue weighted by Gasteiger charge is -2.10. The maximum atomic E-state index is 11.7. The molecule has 18 heavy (non-hydrogen) atoms. The van der Waals surface area contributed by atoms with Crippen molar-refractivity contribution in [1.82, 2.24) is 4.72 Å². The molecule has 0 spiro atoms. The molecule has 0 fully saturated rings. The minimum absolute atomic E-state index is 0.0496. The number of amides is 1. The smallest absolute Gasteiger partial charge is 0.242 e. The Kier molecular flexibility index (Phi) is 5.26. The first-order valence-corrected chi connectivity index (χ1v) is 7.02. The molecule has 1 aromatic carbocycles. The van der Waals surface area contributed by atoms with Crippen molar-refractivity contribution >= 4 is 21.6 Å². The summed E-state index contributed by atoms with van der Waals surface area (Å²) >= 11 is 0. The highest BCUT2D eigenvalue weighted by Gasteiger charge is 2.17. The molecule has 0 aromatic heterocycles. The number of sulfonamides is 1. The molecule has 1 aromatic rings. The zero-order chi connectivity index (χ0) is 13.6. The Morgan fingerprint density at radius 1 is 1.33 bits per heavy atom. The third-order valence-electron chi connectivity index (χ3n) is 2.33. The second-order valence-corrected chi connectivity index (χ2v) is 5.50. The summed E-state index contributed by atoms with van der Waals surface area (Å²) in [6.45, 7) is 0.421. The van der Waals surface area contributed by atoms with Crippen LogP contribution in [0.2, 0.25) is 0 Å². The lowest BCUT2D eigenvalue weighted by molar-refractivity contribution is -0.116. The molecule has 0 saturated carbocycles. The van der Waals surface area contributed by atoms with E-state index in [1.807, 2.05) is 0 Å². The summed E-state index contributed by atoms with van der Waals surface area (Å²) in [5.41, 5.74) is 5.58. The lowest BCUT2D eigenvalue weighted by atomic mass is 10.2. The van der Waals surface area contributed by atoms with Crippen LogP contribution in [0.4, 0.5) is 5.69 Å². The predicted molar refractivity (Wildman–Crippen MR) is 69.6 cm³/mol. The van der Waals surface area contributed by atoms with E-state index in [-0.39, 0.29) is 22.9 Å². The Balaban J connectivity index is 2.93. The summed E-state index contributed by atoms with van der Waals surface area (Å²) in [5.74, 6) is -0.251. The van der Waals surface area contributed by atoms with Crippen LogP contribution in [-0.4, -0.2) is 27.9 Å². The van der Waals surface area contributed by atoms with Crippen molar-refractivity contribution < 1.29 is 13.2 Å². The van der Waals surface area contributed by atoms with E-state index < -0.39 is 10.0 Å². The molecule has 0 aliphatic heterocycles. The first kappa shape index (κ1) is 14.6. The van der Waals surface area contributed by atoms with E-state index in [0.717, 1.165) is 0 Å². The van der Waals surface area contributed by atoms with E-state index in [1.54, 1.807) is 18.2 Å². The molecule has 4 N–H and O–H groups in total. The van der Waals surface area contributed by atoms with Gasteiger partial charge in [0.15, 0.2) is 0 Å². The van der Waals surface area contributed by atoms with Gasteiger partial charge in [-0.25, -0.2) is 13.1 Å². The van der Waals surface area contributed by atoms with Gasteiger partial charge < -0.3 is 11.1 Å². The molecule has 0 atom stereocenters. The molecule has 1 amide bonds. The second kappa shape index (κ2) is 6.48. The topological polar surface area (TPSA) is 101 Å². The van der Waals surface area contributed by atoms with Gasteiger partial charge in [-0.15, -0.1) is 0 Å². The van der Waals surface area contributed by atoms with E-state index in [1.165, 1.54) is 13.1 Å². The maximum Gasteiger partial charge on any atom is 0.242 e. The van der Waals surface area contributed by atoms with E-state index >= 15 is 0 Å². The number of hydrogen-bond donors (Lipinski definition) is 3. The summed E-state index contributed by atoms with van der Waals surface area (Å²) in [6.07, 6.45) is 0.831. The molecule has 0 radical (unpaired) electrons. The number of carbonyl (C=O) groups excluding carboxylic acids is 1. The van der Waals surface area contributed by atoms with E-state index in [0.29, 0.717) is 13.0 Å². The summed E-state index contributed by atoms with van der Waals surface area (Å²) in [4.78, 5) is 11.6. The van der Waals surface area contributed by atoms with Gasteiger partial charge in [-0.1, -0.05) is 12.1 Å². The Labute approximate surface area is 107 Å². The molecule has 0 aliphatic carbocycles. The zero-order valence-corrected chi connectivity index (χ0v) is 11.0. The van der Waals surface area contributed by atoms with Gasteiger partial charge in [0.25, 0.3) is 0 Å². The van der Waals surface area contributed by atoms with Gasteiger partial charge in [-0.3, -0.25) is 4.79 Å². The maximum absolute atomic E-state index is 11.7. The summed E-state index contributed by atoms with van der Waals surface area (Å²) in [6, 6.07) is 6.24. The van der Waals surface area contributed by atoms with Crippen LogP contribution in [0.5, 0.6) is 0 Å². The Morgan fingerprint density at radius 3 is 2.61 bits per heavy atom. The first-order chi connectivity index (χ1) is 8.51. The molecule has 0 heterocycles. The number of nitrogens with one attached hydrogen (secondary N) is 2. The van der Waals surface area contributed by atoms with Crippen LogP contribution in [-0.2, 0) is 14.8 Å². The van der Waals surface area contributed by atoms with Crippen LogP contribution in [0.15, 0.2) is 29.2 Å². The van der Waals surface area contributed by atoms with Crippen LogP contribution in [0.1, 0.15) is 12.8 Å². The highest BCUT2D eigenvalue weighted by Crippen LogP contribution is 2.20. The van der Waals surface area contributed by atoms with Gasteiger partial charge in [0, 0.05) is 6.42 Å². The minimum atomic E-state index is -3.58. The fraction of sp³-hybridized carbons (Fsp3) is 0.364. The Morgan fingerprint density at radius 2 is 2.00 bits per heavy atom. The number of hydrogen-bond acceptors (Lipinski definition) is 4. The molecule has 0 bridgehead atoms. The minimum Gasteiger partial charge on any atom is -0.330 e. The van der Waals surface area contributed by atoms with Crippen molar-refractivity contribution in [3.8, 4) is 0 Å². The second-order valence-electron chi connectivity index (χ2n) is 3.64. The summed E-state index contributed by atoms with van der Waals surface area (Å²) in [5, 5.41) is 2.57. The number of para-hydroxylation sites is 1. The lowest BCUT2D eigenvalue weighted by Crippen LogP contribution is -2.21. The predicted octanol–water partition coefficient (Wildman–Crippen LogP) is 0.272. The van der Waals surface area contributed by atoms with Crippen molar-refractivity contribution in [2.24, 2.45) is 5.73 Å². The van der Waals surface area contributed by atoms with Gasteiger partial charge >= 0.3 is 0 Å². The van der Waals surface area contributed by atoms with Crippen molar-refractivity contribution in [1.29, 1.82) is 0 Å². The molecule has 0 aliphatic rings. The molecular weight excluding hydrogens is 254 g/mol. The molecule has 1 rings (SSSR count). The Bertz CT molecular complexity index is 514. The van der Waals surface area contributed by atoms with Crippen molar-refractivity contribution in [2.45, 2.75) is 17.7 Å². The van der Waals surface area contributed by atoms with Gasteiger partial charge in [0.2, 0.25) is 15.9 Å². The molecule has 0 saturated heterocycles. The number of benzene rings is 1. The Hall–Kier alpha value is -1.44. The average Bonchev–Trinajstić information content (AvgIpc) is 2.37. The molecule has 6 nitrogen and oxygen atoms in total. The largest absolute Gasteiger partial charge is 0.330 e. The van der Waals surface area contributed by atoms with E-state index in [2.05, 4.69) is 10.0 Å². The average molecular weight is 271 g/mol. The molecule has 0 unspecified atom stereocenters. The van der Waals surface area contributed by atoms with E-state index in [9.17, 15) is 13.2 Å². The molecule has 100 valence electrons. The molecular formula is C11H17N3O3S. The standard InChI is InChI=1S/C11H17N3O3S/c1-13-18(16,17)10-6-3-2-5-9(10)14-11(15)7-4-8-12/h2-3,5-6,13H,4,7-8,12H2,1H3,(H,14,15). The van der Waals surface area contributed by atoms with Crippen LogP contribution >= 0.6 is 0 Å². The normalized spacial score (nSPS) is 11.2. The van der Waals surface area contributed by atoms with Crippen LogP contribution in [0.25, 0.3) is 0 Å². The highest BCUT2D eigenvalue weighted by molar-refractivity contribution is 7.89. The van der Waals surface area contributed by atoms with Gasteiger partial charge in [-0.2, -0.15) is 0 Å². The number of nitrogens with two attached hydrogens (primary N) is 1. The number of rotatable bonds is 6. The summed E-state index contributed by atoms with van der Waals surface area (Å²) < 4.78 is 25.7. The van der Waals surface area contributed by atoms with Crippen LogP contribution in [0.3, 0.4) is 0 Å². The van der Waals surface area contributed by atoms with Gasteiger partial charge in [-0.05, 0) is 32.1 Å². The van der Waals surface area contributed by atoms with Crippen molar-refractivity contribution in [3.05, 3.63) is 24.3 Å². The van der Waals surface area contributed by atoms with Crippen molar-refractivity contribution in [2.75, 3.05) is 18.9 Å². The number of anilines is 1. The fourth-order valence-electron chi connectivity index (χ4n) is 1.39. The SMILES string of the molecule is CNS(=O)(=O)c1ccccc1NC(=O)CCCN. The third-order valence-corrected chi connectivity index (χ3v) is 3.80. The fourth-order valence-corrected chi connectivity index (χ4v) is 2.28. The quantitative estimate of drug-likeness (QED) is 0.691. The third kappa shape index (κ3) is 3.80. The van der Waals surface area contributed by atoms with Crippen LogP contribution in [0, 0.1) is 0 Å². The van der Waals surface area contributed by atoms with Crippen molar-refractivity contribution in [3.63, 3.8) is 0 Å². The van der Waals surface area contributed by atoms with Gasteiger partial charge in [0.05, 0.1) is 5.69 Å². The first-order valence-electron chi connectivity index (χ1n) is 5.53.